The van der Waals surface area contributed by atoms with E-state index in [0.717, 1.165) is 50.7 Å². The van der Waals surface area contributed by atoms with Crippen LogP contribution in [0.1, 0.15) is 58.0 Å². The Kier molecular flexibility index (Phi) is 6.73. The molecule has 1 fully saturated rings. The maximum atomic E-state index is 6.79. The van der Waals surface area contributed by atoms with Gasteiger partial charge in [-0.15, -0.1) is 11.3 Å². The van der Waals surface area contributed by atoms with Gasteiger partial charge in [-0.1, -0.05) is 109 Å². The van der Waals surface area contributed by atoms with Crippen LogP contribution in [0, 0.1) is 12.1 Å². The van der Waals surface area contributed by atoms with Crippen molar-refractivity contribution in [1.29, 1.82) is 0 Å². The minimum Gasteiger partial charge on any atom is -0.456 e. The molecule has 250 valence electrons. The average molecular weight is 692 g/mol. The summed E-state index contributed by atoms with van der Waals surface area (Å²) < 4.78 is 15.4. The summed E-state index contributed by atoms with van der Waals surface area (Å²) in [5.41, 5.74) is 8.80. The van der Waals surface area contributed by atoms with Crippen LogP contribution < -0.4 is 10.6 Å². The summed E-state index contributed by atoms with van der Waals surface area (Å²) >= 11 is 1.82. The highest BCUT2D eigenvalue weighted by Crippen LogP contribution is 2.43. The van der Waals surface area contributed by atoms with Crippen molar-refractivity contribution in [3.05, 3.63) is 173 Å². The maximum Gasteiger partial charge on any atom is 0.141 e. The molecule has 1 aliphatic heterocycles. The van der Waals surface area contributed by atoms with Gasteiger partial charge in [-0.25, -0.2) is 0 Å². The number of furan rings is 2. The van der Waals surface area contributed by atoms with Gasteiger partial charge in [0.15, 0.2) is 0 Å². The van der Waals surface area contributed by atoms with Crippen LogP contribution in [0.5, 0.6) is 0 Å². The van der Waals surface area contributed by atoms with E-state index in [-0.39, 0.29) is 24.4 Å². The molecule has 0 bridgehead atoms. The zero-order valence-electron chi connectivity index (χ0n) is 28.4. The monoisotopic (exact) mass is 691 g/mol. The quantitative estimate of drug-likeness (QED) is 0.192. The van der Waals surface area contributed by atoms with Crippen LogP contribution in [0.25, 0.3) is 59.2 Å². The van der Waals surface area contributed by atoms with E-state index in [9.17, 15) is 0 Å². The number of hydrogen-bond acceptors (Lipinski definition) is 6. The van der Waals surface area contributed by atoms with Crippen molar-refractivity contribution in [1.82, 2.24) is 15.5 Å². The van der Waals surface area contributed by atoms with E-state index in [1.807, 2.05) is 17.4 Å². The second-order valence-electron chi connectivity index (χ2n) is 14.0. The summed E-state index contributed by atoms with van der Waals surface area (Å²) in [4.78, 5) is 2.37. The number of thiophene rings is 1. The van der Waals surface area contributed by atoms with Crippen molar-refractivity contribution in [2.24, 2.45) is 0 Å². The van der Waals surface area contributed by atoms with Gasteiger partial charge in [0.25, 0.3) is 0 Å². The van der Waals surface area contributed by atoms with Crippen LogP contribution in [0.3, 0.4) is 0 Å². The molecule has 1 aliphatic carbocycles. The first-order chi connectivity index (χ1) is 25.7. The predicted octanol–water partition coefficient (Wildman–Crippen LogP) is 11.2. The van der Waals surface area contributed by atoms with Gasteiger partial charge in [-0.05, 0) is 61.0 Å². The molecule has 6 heteroatoms. The minimum absolute atomic E-state index is 0.0562. The van der Waals surface area contributed by atoms with Gasteiger partial charge in [-0.2, -0.15) is 0 Å². The molecule has 4 atom stereocenters. The first kappa shape index (κ1) is 30.0. The lowest BCUT2D eigenvalue weighted by molar-refractivity contribution is 0.0424. The Bertz CT molecular complexity index is 2850. The SMILES string of the molecule is CN1C(c2ccccc2)NC(c2cc#cc3c2sc2ccccc23)NC1c1cccc2c1oc1ccc(C3C=Cc4oc5ccccc5c4C3)cc12. The predicted molar refractivity (Wildman–Crippen MR) is 211 cm³/mol. The van der Waals surface area contributed by atoms with Crippen LogP contribution in [0.2, 0.25) is 0 Å². The van der Waals surface area contributed by atoms with Gasteiger partial charge in [-0.3, -0.25) is 15.5 Å². The summed E-state index contributed by atoms with van der Waals surface area (Å²) in [5.74, 6) is 1.23. The molecule has 5 nitrogen and oxygen atoms in total. The lowest BCUT2D eigenvalue weighted by Crippen LogP contribution is -2.54. The number of hydrogen-bond donors (Lipinski definition) is 2. The Labute approximate surface area is 304 Å². The molecular weight excluding hydrogens is 659 g/mol. The highest BCUT2D eigenvalue weighted by Gasteiger charge is 2.37. The highest BCUT2D eigenvalue weighted by atomic mass is 32.1. The molecule has 1 saturated heterocycles. The molecule has 4 heterocycles. The molecule has 0 amide bonds. The van der Waals surface area contributed by atoms with Gasteiger partial charge in [0.2, 0.25) is 0 Å². The van der Waals surface area contributed by atoms with Crippen LogP contribution in [0.15, 0.2) is 136 Å². The number of rotatable bonds is 4. The third kappa shape index (κ3) is 4.61. The van der Waals surface area contributed by atoms with Gasteiger partial charge in [0.05, 0.1) is 28.6 Å². The van der Waals surface area contributed by atoms with Crippen molar-refractivity contribution >= 4 is 70.5 Å². The number of nitrogens with zero attached hydrogens (tertiary/aromatic N) is 1. The standard InChI is InChI=1S/C46H33N3O2S/c1-49-45(27-11-3-2-4-12-27)47-44(35-18-10-16-33-31-14-6-8-20-41(31)52-43(33)35)48-46(49)34-17-9-15-32-37-26-29(22-24-40(37)51-42(32)34)28-21-23-39-36(25-28)30-13-5-7-19-38(30)50-39/h2-9,11-15,17-24,26,28,44-48H,25H2,1H3. The lowest BCUT2D eigenvalue weighted by atomic mass is 9.86. The van der Waals surface area contributed by atoms with Crippen LogP contribution in [-0.2, 0) is 6.42 Å². The molecule has 0 saturated carbocycles. The molecule has 2 aliphatic rings. The molecule has 52 heavy (non-hydrogen) atoms. The largest absolute Gasteiger partial charge is 0.456 e. The third-order valence-corrected chi connectivity index (χ3v) is 12.3. The van der Waals surface area contributed by atoms with E-state index < -0.39 is 0 Å². The van der Waals surface area contributed by atoms with E-state index in [0.29, 0.717) is 0 Å². The maximum absolute atomic E-state index is 6.79. The minimum atomic E-state index is -0.152. The van der Waals surface area contributed by atoms with Crippen molar-refractivity contribution < 1.29 is 8.83 Å². The molecule has 4 unspecified atom stereocenters. The number of para-hydroxylation sites is 2. The highest BCUT2D eigenvalue weighted by molar-refractivity contribution is 7.26. The molecule has 9 aromatic rings. The van der Waals surface area contributed by atoms with E-state index in [2.05, 4.69) is 162 Å². The second-order valence-corrected chi connectivity index (χ2v) is 15.1. The number of benzene rings is 5. The van der Waals surface area contributed by atoms with Gasteiger partial charge in [0.1, 0.15) is 22.5 Å². The second kappa shape index (κ2) is 11.7. The van der Waals surface area contributed by atoms with Crippen molar-refractivity contribution in [2.45, 2.75) is 30.8 Å². The van der Waals surface area contributed by atoms with Gasteiger partial charge in [0, 0.05) is 48.9 Å². The van der Waals surface area contributed by atoms with Crippen LogP contribution in [-0.4, -0.2) is 11.9 Å². The first-order valence-corrected chi connectivity index (χ1v) is 18.7. The molecule has 3 aromatic heterocycles. The Balaban J connectivity index is 1.01. The zero-order valence-corrected chi connectivity index (χ0v) is 29.2. The number of fused-ring (bicyclic) bond motifs is 9. The molecule has 11 rings (SSSR count). The molecule has 6 aromatic carbocycles. The number of nitrogens with one attached hydrogen (secondary N) is 2. The molecule has 0 radical (unpaired) electrons. The van der Waals surface area contributed by atoms with Crippen LogP contribution in [0.4, 0.5) is 0 Å². The smallest absolute Gasteiger partial charge is 0.141 e. The fourth-order valence-electron chi connectivity index (χ4n) is 8.51. The van der Waals surface area contributed by atoms with E-state index in [1.165, 1.54) is 42.4 Å². The molecule has 2 N–H and O–H groups in total. The summed E-state index contributed by atoms with van der Waals surface area (Å²) in [6.45, 7) is 0. The topological polar surface area (TPSA) is 53.6 Å². The van der Waals surface area contributed by atoms with E-state index >= 15 is 0 Å². The lowest BCUT2D eigenvalue weighted by Gasteiger charge is -2.45. The Morgan fingerprint density at radius 3 is 2.42 bits per heavy atom. The third-order valence-electron chi connectivity index (χ3n) is 11.1. The zero-order chi connectivity index (χ0) is 34.3. The van der Waals surface area contributed by atoms with Crippen molar-refractivity contribution in [3.63, 3.8) is 0 Å². The summed E-state index contributed by atoms with van der Waals surface area (Å²) in [5, 5.41) is 13.8. The fourth-order valence-corrected chi connectivity index (χ4v) is 9.71. The van der Waals surface area contributed by atoms with Gasteiger partial charge < -0.3 is 8.83 Å². The molecular formula is C46H33N3O2S. The summed E-state index contributed by atoms with van der Waals surface area (Å²) in [7, 11) is 2.18. The number of allylic oxidation sites excluding steroid dienone is 1. The van der Waals surface area contributed by atoms with Crippen LogP contribution >= 0.6 is 11.3 Å². The Morgan fingerprint density at radius 2 is 1.50 bits per heavy atom. The summed E-state index contributed by atoms with van der Waals surface area (Å²) in [6, 6.07) is 49.8. The average Bonchev–Trinajstić information content (AvgIpc) is 3.89. The van der Waals surface area contributed by atoms with Gasteiger partial charge >= 0.3 is 0 Å². The Hall–Kier alpha value is -5.68. The summed E-state index contributed by atoms with van der Waals surface area (Å²) in [6.07, 6.45) is 4.97. The van der Waals surface area contributed by atoms with E-state index in [1.54, 1.807) is 0 Å². The fraction of sp³-hybridized carbons (Fsp3) is 0.130. The normalized spacial score (nSPS) is 20.6. The first-order valence-electron chi connectivity index (χ1n) is 17.8. The molecule has 0 spiro atoms. The van der Waals surface area contributed by atoms with E-state index in [4.69, 9.17) is 8.83 Å². The Morgan fingerprint density at radius 1 is 0.712 bits per heavy atom. The van der Waals surface area contributed by atoms with Crippen molar-refractivity contribution in [2.75, 3.05) is 7.05 Å². The van der Waals surface area contributed by atoms with Crippen molar-refractivity contribution in [3.8, 4) is 0 Å².